The van der Waals surface area contributed by atoms with Gasteiger partial charge in [0, 0.05) is 5.56 Å². The first kappa shape index (κ1) is 10.6. The van der Waals surface area contributed by atoms with Crippen LogP contribution in [-0.2, 0) is 0 Å². The van der Waals surface area contributed by atoms with Gasteiger partial charge in [-0.2, -0.15) is 4.98 Å². The van der Waals surface area contributed by atoms with Gasteiger partial charge >= 0.3 is 0 Å². The van der Waals surface area contributed by atoms with E-state index in [0.717, 1.165) is 11.3 Å². The molecule has 5 heteroatoms. The maximum absolute atomic E-state index is 9.41. The van der Waals surface area contributed by atoms with Gasteiger partial charge in [0.2, 0.25) is 5.82 Å². The van der Waals surface area contributed by atoms with Crippen molar-refractivity contribution in [1.29, 1.82) is 0 Å². The molecule has 0 amide bonds. The lowest BCUT2D eigenvalue weighted by Crippen LogP contribution is -1.81. The number of aromatic nitrogens is 2. The summed E-state index contributed by atoms with van der Waals surface area (Å²) in [5.41, 5.74) is 1.47. The Kier molecular flexibility index (Phi) is 2.37. The van der Waals surface area contributed by atoms with Gasteiger partial charge in [-0.05, 0) is 25.1 Å². The maximum atomic E-state index is 9.41. The van der Waals surface area contributed by atoms with Gasteiger partial charge in [0.1, 0.15) is 11.5 Å². The highest BCUT2D eigenvalue weighted by Crippen LogP contribution is 2.26. The molecule has 1 N–H and O–H groups in total. The van der Waals surface area contributed by atoms with Gasteiger partial charge in [-0.15, -0.1) is 0 Å². The number of rotatable bonds is 2. The average molecular weight is 242 g/mol. The third-order valence-electron chi connectivity index (χ3n) is 2.62. The van der Waals surface area contributed by atoms with Crippen molar-refractivity contribution in [2.75, 3.05) is 0 Å². The molecule has 3 aromatic rings. The van der Waals surface area contributed by atoms with Gasteiger partial charge in [-0.25, -0.2) is 0 Å². The number of hydrogen-bond acceptors (Lipinski definition) is 5. The summed E-state index contributed by atoms with van der Waals surface area (Å²) in [5, 5.41) is 13.3. The molecule has 3 rings (SSSR count). The number of aryl methyl sites for hydroxylation is 1. The van der Waals surface area contributed by atoms with Crippen LogP contribution in [0.4, 0.5) is 0 Å². The predicted molar refractivity (Wildman–Crippen MR) is 63.8 cm³/mol. The Hall–Kier alpha value is -2.56. The van der Waals surface area contributed by atoms with Gasteiger partial charge in [0.15, 0.2) is 0 Å². The molecule has 1 aromatic carbocycles. The molecular weight excluding hydrogens is 232 g/mol. The molecule has 0 spiro atoms. The number of phenolic OH excluding ortho intramolecular Hbond substituents is 1. The van der Waals surface area contributed by atoms with E-state index in [1.165, 1.54) is 0 Å². The van der Waals surface area contributed by atoms with Crippen molar-refractivity contribution >= 4 is 0 Å². The van der Waals surface area contributed by atoms with Gasteiger partial charge in [-0.3, -0.25) is 0 Å². The molecule has 0 fully saturated rings. The number of aromatic hydroxyl groups is 1. The van der Waals surface area contributed by atoms with Crippen molar-refractivity contribution in [1.82, 2.24) is 10.1 Å². The summed E-state index contributed by atoms with van der Waals surface area (Å²) in [6.07, 6.45) is 1.57. The van der Waals surface area contributed by atoms with Crippen molar-refractivity contribution in [3.05, 3.63) is 42.4 Å². The van der Waals surface area contributed by atoms with E-state index in [9.17, 15) is 5.11 Å². The van der Waals surface area contributed by atoms with Crippen molar-refractivity contribution in [3.63, 3.8) is 0 Å². The molecule has 0 aliphatic carbocycles. The third-order valence-corrected chi connectivity index (χ3v) is 2.62. The summed E-state index contributed by atoms with van der Waals surface area (Å²) in [6.45, 7) is 1.83. The minimum absolute atomic E-state index is 0.165. The number of benzene rings is 1. The molecule has 18 heavy (non-hydrogen) atoms. The first-order valence-corrected chi connectivity index (χ1v) is 5.41. The molecule has 0 bridgehead atoms. The Labute approximate surface area is 103 Å². The number of phenols is 1. The zero-order valence-electron chi connectivity index (χ0n) is 9.62. The van der Waals surface area contributed by atoms with E-state index >= 15 is 0 Å². The largest absolute Gasteiger partial charge is 0.508 e. The minimum atomic E-state index is 0.165. The normalized spacial score (nSPS) is 10.7. The zero-order chi connectivity index (χ0) is 12.5. The summed E-state index contributed by atoms with van der Waals surface area (Å²) in [5.74, 6) is 1.72. The van der Waals surface area contributed by atoms with Crippen LogP contribution in [-0.4, -0.2) is 15.2 Å². The van der Waals surface area contributed by atoms with E-state index in [-0.39, 0.29) is 5.75 Å². The highest BCUT2D eigenvalue weighted by molar-refractivity contribution is 5.61. The van der Waals surface area contributed by atoms with Gasteiger partial charge in [0.25, 0.3) is 5.89 Å². The number of furan rings is 1. The standard InChI is InChI=1S/C13H10N2O3/c1-8-11(5-6-17-8)13-14-12(15-18-13)9-3-2-4-10(16)7-9/h2-7,16H,1H3. The Morgan fingerprint density at radius 1 is 1.22 bits per heavy atom. The molecule has 0 radical (unpaired) electrons. The lowest BCUT2D eigenvalue weighted by Gasteiger charge is -1.94. The summed E-state index contributed by atoms with van der Waals surface area (Å²) in [7, 11) is 0. The van der Waals surface area contributed by atoms with Crippen molar-refractivity contribution in [3.8, 4) is 28.6 Å². The van der Waals surface area contributed by atoms with Crippen LogP contribution < -0.4 is 0 Å². The fourth-order valence-corrected chi connectivity index (χ4v) is 1.70. The number of hydrogen-bond donors (Lipinski definition) is 1. The zero-order valence-corrected chi connectivity index (χ0v) is 9.62. The Morgan fingerprint density at radius 3 is 2.83 bits per heavy atom. The second-order valence-electron chi connectivity index (χ2n) is 3.86. The molecule has 0 atom stereocenters. The lowest BCUT2D eigenvalue weighted by atomic mass is 10.2. The van der Waals surface area contributed by atoms with E-state index in [4.69, 9.17) is 8.94 Å². The van der Waals surface area contributed by atoms with E-state index < -0.39 is 0 Å². The highest BCUT2D eigenvalue weighted by Gasteiger charge is 2.14. The smallest absolute Gasteiger partial charge is 0.261 e. The second kappa shape index (κ2) is 4.03. The van der Waals surface area contributed by atoms with E-state index in [1.807, 2.05) is 6.92 Å². The molecule has 2 aromatic heterocycles. The topological polar surface area (TPSA) is 72.3 Å². The average Bonchev–Trinajstić information content (AvgIpc) is 2.97. The highest BCUT2D eigenvalue weighted by atomic mass is 16.5. The van der Waals surface area contributed by atoms with Crippen LogP contribution >= 0.6 is 0 Å². The van der Waals surface area contributed by atoms with Crippen molar-refractivity contribution < 1.29 is 14.0 Å². The summed E-state index contributed by atoms with van der Waals surface area (Å²) in [4.78, 5) is 4.28. The van der Waals surface area contributed by atoms with Crippen LogP contribution in [0, 0.1) is 6.92 Å². The van der Waals surface area contributed by atoms with Crippen LogP contribution in [0.1, 0.15) is 5.76 Å². The van der Waals surface area contributed by atoms with Crippen LogP contribution in [0.15, 0.2) is 45.5 Å². The molecule has 0 aliphatic heterocycles. The second-order valence-corrected chi connectivity index (χ2v) is 3.86. The van der Waals surface area contributed by atoms with Gasteiger partial charge in [0.05, 0.1) is 11.8 Å². The summed E-state index contributed by atoms with van der Waals surface area (Å²) < 4.78 is 10.4. The Balaban J connectivity index is 2.02. The van der Waals surface area contributed by atoms with E-state index in [1.54, 1.807) is 36.6 Å². The monoisotopic (exact) mass is 242 g/mol. The molecular formula is C13H10N2O3. The summed E-state index contributed by atoms with van der Waals surface area (Å²) >= 11 is 0. The SMILES string of the molecule is Cc1occc1-c1nc(-c2cccc(O)c2)no1. The minimum Gasteiger partial charge on any atom is -0.508 e. The molecule has 0 aliphatic rings. The van der Waals surface area contributed by atoms with Crippen molar-refractivity contribution in [2.24, 2.45) is 0 Å². The molecule has 90 valence electrons. The van der Waals surface area contributed by atoms with E-state index in [2.05, 4.69) is 10.1 Å². The molecule has 0 saturated carbocycles. The van der Waals surface area contributed by atoms with Crippen LogP contribution in [0.25, 0.3) is 22.8 Å². The molecule has 5 nitrogen and oxygen atoms in total. The van der Waals surface area contributed by atoms with Crippen LogP contribution in [0.5, 0.6) is 5.75 Å². The van der Waals surface area contributed by atoms with E-state index in [0.29, 0.717) is 17.3 Å². The predicted octanol–water partition coefficient (Wildman–Crippen LogP) is 3.01. The van der Waals surface area contributed by atoms with Crippen molar-refractivity contribution in [2.45, 2.75) is 6.92 Å². The Bertz CT molecular complexity index is 685. The molecule has 2 heterocycles. The molecule has 0 saturated heterocycles. The number of nitrogens with zero attached hydrogens (tertiary/aromatic N) is 2. The maximum Gasteiger partial charge on any atom is 0.261 e. The molecule has 0 unspecified atom stereocenters. The van der Waals surface area contributed by atoms with Gasteiger partial charge < -0.3 is 14.0 Å². The van der Waals surface area contributed by atoms with Crippen LogP contribution in [0.2, 0.25) is 0 Å². The summed E-state index contributed by atoms with van der Waals surface area (Å²) in [6, 6.07) is 8.47. The quantitative estimate of drug-likeness (QED) is 0.747. The van der Waals surface area contributed by atoms with Crippen LogP contribution in [0.3, 0.4) is 0 Å². The third kappa shape index (κ3) is 1.75. The first-order chi connectivity index (χ1) is 8.74. The first-order valence-electron chi connectivity index (χ1n) is 5.41. The van der Waals surface area contributed by atoms with Gasteiger partial charge in [-0.1, -0.05) is 17.3 Å². The Morgan fingerprint density at radius 2 is 2.11 bits per heavy atom. The lowest BCUT2D eigenvalue weighted by molar-refractivity contribution is 0.430. The fraction of sp³-hybridized carbons (Fsp3) is 0.0769. The fourth-order valence-electron chi connectivity index (χ4n) is 1.70.